The molecule has 1 unspecified atom stereocenters. The maximum Gasteiger partial charge on any atom is 0.222 e. The molecule has 1 rings (SSSR count). The summed E-state index contributed by atoms with van der Waals surface area (Å²) in [5.41, 5.74) is 5.14. The summed E-state index contributed by atoms with van der Waals surface area (Å²) in [5.74, 6) is 0.851. The van der Waals surface area contributed by atoms with E-state index in [-0.39, 0.29) is 17.1 Å². The molecule has 1 aliphatic heterocycles. The highest BCUT2D eigenvalue weighted by molar-refractivity contribution is 5.76. The van der Waals surface area contributed by atoms with E-state index in [4.69, 9.17) is 10.5 Å². The Kier molecular flexibility index (Phi) is 6.67. The van der Waals surface area contributed by atoms with Crippen molar-refractivity contribution in [3.8, 4) is 0 Å². The molecule has 2 N–H and O–H groups in total. The molecular weight excluding hydrogens is 264 g/mol. The van der Waals surface area contributed by atoms with Crippen LogP contribution in [0.5, 0.6) is 0 Å². The molecule has 4 nitrogen and oxygen atoms in total. The fourth-order valence-corrected chi connectivity index (χ4v) is 3.53. The first-order valence-electron chi connectivity index (χ1n) is 8.37. The van der Waals surface area contributed by atoms with Crippen LogP contribution in [0.2, 0.25) is 0 Å². The minimum atomic E-state index is -0.266. The molecule has 0 aliphatic carbocycles. The Balaban J connectivity index is 2.54. The van der Waals surface area contributed by atoms with Gasteiger partial charge in [0.15, 0.2) is 0 Å². The third-order valence-corrected chi connectivity index (χ3v) is 4.09. The number of carbonyl (C=O) groups excluding carboxylic acids is 1. The second-order valence-corrected chi connectivity index (χ2v) is 7.64. The van der Waals surface area contributed by atoms with Gasteiger partial charge in [0, 0.05) is 19.5 Å². The van der Waals surface area contributed by atoms with Crippen LogP contribution < -0.4 is 5.73 Å². The third-order valence-electron chi connectivity index (χ3n) is 4.09. The predicted octanol–water partition coefficient (Wildman–Crippen LogP) is 2.95. The smallest absolute Gasteiger partial charge is 0.222 e. The van der Waals surface area contributed by atoms with Crippen LogP contribution in [-0.2, 0) is 9.53 Å². The lowest BCUT2D eigenvalue weighted by Crippen LogP contribution is -2.58. The van der Waals surface area contributed by atoms with Crippen molar-refractivity contribution < 1.29 is 9.53 Å². The summed E-state index contributed by atoms with van der Waals surface area (Å²) in [7, 11) is 0. The number of nitrogens with zero attached hydrogens (tertiary/aromatic N) is 1. The number of ether oxygens (including phenoxy) is 1. The average molecular weight is 298 g/mol. The molecule has 1 aliphatic rings. The lowest BCUT2D eigenvalue weighted by atomic mass is 9.93. The van der Waals surface area contributed by atoms with Gasteiger partial charge < -0.3 is 15.4 Å². The first kappa shape index (κ1) is 18.4. The molecule has 0 bridgehead atoms. The molecule has 0 aromatic heterocycles. The number of hydrogen-bond donors (Lipinski definition) is 1. The van der Waals surface area contributed by atoms with Crippen molar-refractivity contribution in [3.05, 3.63) is 0 Å². The van der Waals surface area contributed by atoms with Gasteiger partial charge in [-0.1, -0.05) is 19.8 Å². The number of morpholine rings is 1. The van der Waals surface area contributed by atoms with Crippen LogP contribution in [-0.4, -0.2) is 41.6 Å². The van der Waals surface area contributed by atoms with Gasteiger partial charge in [-0.25, -0.2) is 0 Å². The molecule has 0 spiro atoms. The molecule has 1 heterocycles. The molecule has 0 radical (unpaired) electrons. The van der Waals surface area contributed by atoms with Gasteiger partial charge in [-0.05, 0) is 53.0 Å². The van der Waals surface area contributed by atoms with Gasteiger partial charge in [0.05, 0.1) is 11.2 Å². The summed E-state index contributed by atoms with van der Waals surface area (Å²) in [6.45, 7) is 12.5. The van der Waals surface area contributed by atoms with E-state index >= 15 is 0 Å². The largest absolute Gasteiger partial charge is 0.366 e. The van der Waals surface area contributed by atoms with Gasteiger partial charge >= 0.3 is 0 Å². The maximum absolute atomic E-state index is 12.5. The van der Waals surface area contributed by atoms with Crippen molar-refractivity contribution in [1.82, 2.24) is 4.90 Å². The fraction of sp³-hybridized carbons (Fsp3) is 0.941. The van der Waals surface area contributed by atoms with Gasteiger partial charge in [0.2, 0.25) is 5.91 Å². The quantitative estimate of drug-likeness (QED) is 0.786. The predicted molar refractivity (Wildman–Crippen MR) is 87.1 cm³/mol. The first-order valence-corrected chi connectivity index (χ1v) is 8.37. The third kappa shape index (κ3) is 6.35. The van der Waals surface area contributed by atoms with E-state index in [1.165, 1.54) is 6.42 Å². The summed E-state index contributed by atoms with van der Waals surface area (Å²) >= 11 is 0. The molecule has 0 aromatic rings. The summed E-state index contributed by atoms with van der Waals surface area (Å²) < 4.78 is 6.03. The Hall–Kier alpha value is -0.610. The van der Waals surface area contributed by atoms with E-state index in [0.29, 0.717) is 25.4 Å². The first-order chi connectivity index (χ1) is 9.69. The Morgan fingerprint density at radius 3 is 2.19 bits per heavy atom. The summed E-state index contributed by atoms with van der Waals surface area (Å²) in [6.07, 6.45) is 4.96. The summed E-state index contributed by atoms with van der Waals surface area (Å²) in [4.78, 5) is 14.5. The Morgan fingerprint density at radius 2 is 1.71 bits per heavy atom. The van der Waals surface area contributed by atoms with Crippen LogP contribution in [0.3, 0.4) is 0 Å². The van der Waals surface area contributed by atoms with Gasteiger partial charge in [0.1, 0.15) is 0 Å². The normalized spacial score (nSPS) is 22.1. The van der Waals surface area contributed by atoms with Gasteiger partial charge in [-0.2, -0.15) is 0 Å². The standard InChI is InChI=1S/C17H34N2O2/c1-6-7-14(10-11-18)8-9-15(20)19-12-16(2,3)21-17(4,5)13-19/h14H,6-13,18H2,1-5H3. The Labute approximate surface area is 130 Å². The second kappa shape index (κ2) is 7.59. The number of amides is 1. The maximum atomic E-state index is 12.5. The van der Waals surface area contributed by atoms with E-state index < -0.39 is 0 Å². The van der Waals surface area contributed by atoms with Crippen LogP contribution in [0.4, 0.5) is 0 Å². The van der Waals surface area contributed by atoms with E-state index in [1.807, 2.05) is 4.90 Å². The number of rotatable bonds is 7. The highest BCUT2D eigenvalue weighted by Gasteiger charge is 2.39. The van der Waals surface area contributed by atoms with Crippen molar-refractivity contribution in [3.63, 3.8) is 0 Å². The highest BCUT2D eigenvalue weighted by atomic mass is 16.5. The van der Waals surface area contributed by atoms with E-state index in [1.54, 1.807) is 0 Å². The molecule has 0 aromatic carbocycles. The molecule has 124 valence electrons. The van der Waals surface area contributed by atoms with Crippen LogP contribution in [0.15, 0.2) is 0 Å². The molecule has 1 atom stereocenters. The van der Waals surface area contributed by atoms with Gasteiger partial charge in [0.25, 0.3) is 0 Å². The van der Waals surface area contributed by atoms with Crippen LogP contribution >= 0.6 is 0 Å². The molecule has 1 saturated heterocycles. The topological polar surface area (TPSA) is 55.6 Å². The van der Waals surface area contributed by atoms with E-state index in [0.717, 1.165) is 25.8 Å². The Bertz CT molecular complexity index is 318. The lowest BCUT2D eigenvalue weighted by Gasteiger charge is -2.47. The zero-order chi connectivity index (χ0) is 16.1. The monoisotopic (exact) mass is 298 g/mol. The molecule has 21 heavy (non-hydrogen) atoms. The van der Waals surface area contributed by atoms with Crippen LogP contribution in [0.25, 0.3) is 0 Å². The zero-order valence-corrected chi connectivity index (χ0v) is 14.6. The minimum absolute atomic E-state index is 0.262. The Morgan fingerprint density at radius 1 is 1.14 bits per heavy atom. The van der Waals surface area contributed by atoms with Crippen molar-refractivity contribution in [1.29, 1.82) is 0 Å². The molecule has 1 fully saturated rings. The van der Waals surface area contributed by atoms with Crippen LogP contribution in [0.1, 0.15) is 66.7 Å². The molecule has 1 amide bonds. The van der Waals surface area contributed by atoms with Gasteiger partial charge in [-0.15, -0.1) is 0 Å². The fourth-order valence-electron chi connectivity index (χ4n) is 3.53. The molecular formula is C17H34N2O2. The number of carbonyl (C=O) groups is 1. The molecule has 4 heteroatoms. The lowest BCUT2D eigenvalue weighted by molar-refractivity contribution is -0.188. The SMILES string of the molecule is CCCC(CCN)CCC(=O)N1CC(C)(C)OC(C)(C)C1. The number of nitrogens with two attached hydrogens (primary N) is 1. The van der Waals surface area contributed by atoms with E-state index in [9.17, 15) is 4.79 Å². The van der Waals surface area contributed by atoms with E-state index in [2.05, 4.69) is 34.6 Å². The van der Waals surface area contributed by atoms with Crippen molar-refractivity contribution in [2.24, 2.45) is 11.7 Å². The zero-order valence-electron chi connectivity index (χ0n) is 14.6. The van der Waals surface area contributed by atoms with Crippen LogP contribution in [0, 0.1) is 5.92 Å². The second-order valence-electron chi connectivity index (χ2n) is 7.64. The highest BCUT2D eigenvalue weighted by Crippen LogP contribution is 2.29. The summed E-state index contributed by atoms with van der Waals surface area (Å²) in [5, 5.41) is 0. The average Bonchev–Trinajstić information content (AvgIpc) is 2.32. The molecule has 0 saturated carbocycles. The van der Waals surface area contributed by atoms with Crippen molar-refractivity contribution in [2.45, 2.75) is 77.9 Å². The van der Waals surface area contributed by atoms with Gasteiger partial charge in [-0.3, -0.25) is 4.79 Å². The van der Waals surface area contributed by atoms with Crippen molar-refractivity contribution >= 4 is 5.91 Å². The van der Waals surface area contributed by atoms with Crippen molar-refractivity contribution in [2.75, 3.05) is 19.6 Å². The number of hydrogen-bond acceptors (Lipinski definition) is 3. The summed E-state index contributed by atoms with van der Waals surface area (Å²) in [6, 6.07) is 0. The minimum Gasteiger partial charge on any atom is -0.366 e.